The Morgan fingerprint density at radius 3 is 2.04 bits per heavy atom. The first kappa shape index (κ1) is 23.8. The topological polar surface area (TPSA) is 162 Å². The van der Waals surface area contributed by atoms with Crippen molar-refractivity contribution in [3.05, 3.63) is 0 Å². The molecule has 0 bridgehead atoms. The standard InChI is InChI=1S/C18H32N4O6/c1-9(2)13(20-15(24)11(19)8-23)16(25)21-14(10(3)4)17(26)22-7-5-6-12(22)18(27)28/h9-14,23H,5-8,19H2,1-4H3,(H,20,24)(H,21,25)(H,27,28). The number of nitrogens with two attached hydrogens (primary N) is 1. The fraction of sp³-hybridized carbons (Fsp3) is 0.778. The lowest BCUT2D eigenvalue weighted by Crippen LogP contribution is -2.59. The lowest BCUT2D eigenvalue weighted by molar-refractivity contribution is -0.150. The van der Waals surface area contributed by atoms with Gasteiger partial charge < -0.3 is 31.5 Å². The van der Waals surface area contributed by atoms with E-state index in [1.807, 2.05) is 0 Å². The summed E-state index contributed by atoms with van der Waals surface area (Å²) >= 11 is 0. The molecule has 0 saturated carbocycles. The maximum absolute atomic E-state index is 12.9. The molecular formula is C18H32N4O6. The van der Waals surface area contributed by atoms with Crippen molar-refractivity contribution in [2.75, 3.05) is 13.2 Å². The minimum absolute atomic E-state index is 0.283. The van der Waals surface area contributed by atoms with E-state index in [-0.39, 0.29) is 11.8 Å². The number of carbonyl (C=O) groups excluding carboxylic acids is 3. The predicted molar refractivity (Wildman–Crippen MR) is 101 cm³/mol. The quantitative estimate of drug-likeness (QED) is 0.320. The zero-order chi connectivity index (χ0) is 21.6. The van der Waals surface area contributed by atoms with Gasteiger partial charge in [0.25, 0.3) is 0 Å². The van der Waals surface area contributed by atoms with Crippen LogP contribution in [0.4, 0.5) is 0 Å². The predicted octanol–water partition coefficient (Wildman–Crippen LogP) is -1.34. The van der Waals surface area contributed by atoms with E-state index in [9.17, 15) is 24.3 Å². The molecule has 28 heavy (non-hydrogen) atoms. The highest BCUT2D eigenvalue weighted by molar-refractivity contribution is 5.94. The van der Waals surface area contributed by atoms with Crippen molar-refractivity contribution in [1.82, 2.24) is 15.5 Å². The van der Waals surface area contributed by atoms with Gasteiger partial charge in [-0.15, -0.1) is 0 Å². The molecular weight excluding hydrogens is 368 g/mol. The van der Waals surface area contributed by atoms with Gasteiger partial charge in [-0.3, -0.25) is 14.4 Å². The van der Waals surface area contributed by atoms with Gasteiger partial charge in [0.15, 0.2) is 0 Å². The summed E-state index contributed by atoms with van der Waals surface area (Å²) in [6.07, 6.45) is 0.967. The molecule has 10 heteroatoms. The number of aliphatic carboxylic acids is 1. The van der Waals surface area contributed by atoms with Crippen LogP contribution in [0.15, 0.2) is 0 Å². The van der Waals surface area contributed by atoms with Crippen molar-refractivity contribution in [2.45, 2.75) is 64.7 Å². The Labute approximate surface area is 164 Å². The molecule has 1 rings (SSSR count). The van der Waals surface area contributed by atoms with E-state index in [0.29, 0.717) is 19.4 Å². The van der Waals surface area contributed by atoms with Gasteiger partial charge in [0.2, 0.25) is 17.7 Å². The average molecular weight is 400 g/mol. The molecule has 6 N–H and O–H groups in total. The lowest BCUT2D eigenvalue weighted by Gasteiger charge is -2.31. The van der Waals surface area contributed by atoms with Crippen LogP contribution in [0.3, 0.4) is 0 Å². The smallest absolute Gasteiger partial charge is 0.326 e. The monoisotopic (exact) mass is 400 g/mol. The average Bonchev–Trinajstić information content (AvgIpc) is 3.11. The van der Waals surface area contributed by atoms with Crippen molar-refractivity contribution >= 4 is 23.7 Å². The third-order valence-corrected chi connectivity index (χ3v) is 4.83. The Morgan fingerprint density at radius 1 is 1.04 bits per heavy atom. The number of carboxylic acids is 1. The van der Waals surface area contributed by atoms with Gasteiger partial charge in [-0.1, -0.05) is 27.7 Å². The summed E-state index contributed by atoms with van der Waals surface area (Å²) < 4.78 is 0. The molecule has 4 unspecified atom stereocenters. The summed E-state index contributed by atoms with van der Waals surface area (Å²) in [4.78, 5) is 50.3. The lowest BCUT2D eigenvalue weighted by atomic mass is 9.98. The number of aliphatic hydroxyl groups excluding tert-OH is 1. The molecule has 1 aliphatic heterocycles. The van der Waals surface area contributed by atoms with E-state index in [2.05, 4.69) is 10.6 Å². The number of nitrogens with zero attached hydrogens (tertiary/aromatic N) is 1. The van der Waals surface area contributed by atoms with Crippen LogP contribution in [0.1, 0.15) is 40.5 Å². The Bertz CT molecular complexity index is 595. The van der Waals surface area contributed by atoms with Crippen molar-refractivity contribution in [1.29, 1.82) is 0 Å². The van der Waals surface area contributed by atoms with Gasteiger partial charge in [-0.05, 0) is 24.7 Å². The second-order valence-electron chi connectivity index (χ2n) is 7.78. The maximum atomic E-state index is 12.9. The summed E-state index contributed by atoms with van der Waals surface area (Å²) in [7, 11) is 0. The van der Waals surface area contributed by atoms with E-state index in [4.69, 9.17) is 10.8 Å². The van der Waals surface area contributed by atoms with Gasteiger partial charge >= 0.3 is 5.97 Å². The Kier molecular flexibility index (Phi) is 8.83. The number of likely N-dealkylation sites (tertiary alicyclic amines) is 1. The number of hydrogen-bond donors (Lipinski definition) is 5. The molecule has 0 aromatic carbocycles. The molecule has 4 atom stereocenters. The van der Waals surface area contributed by atoms with Crippen LogP contribution in [0.2, 0.25) is 0 Å². The normalized spacial score (nSPS) is 20.0. The van der Waals surface area contributed by atoms with Crippen molar-refractivity contribution in [2.24, 2.45) is 17.6 Å². The zero-order valence-electron chi connectivity index (χ0n) is 16.8. The van der Waals surface area contributed by atoms with Crippen LogP contribution >= 0.6 is 0 Å². The molecule has 160 valence electrons. The molecule has 3 amide bonds. The van der Waals surface area contributed by atoms with Crippen LogP contribution in [0.5, 0.6) is 0 Å². The minimum atomic E-state index is -1.16. The Balaban J connectivity index is 2.93. The summed E-state index contributed by atoms with van der Waals surface area (Å²) in [6, 6.07) is -3.92. The first-order chi connectivity index (χ1) is 13.0. The summed E-state index contributed by atoms with van der Waals surface area (Å²) in [6.45, 7) is 6.71. The maximum Gasteiger partial charge on any atom is 0.326 e. The largest absolute Gasteiger partial charge is 0.480 e. The molecule has 0 aromatic rings. The molecule has 10 nitrogen and oxygen atoms in total. The number of hydrogen-bond acceptors (Lipinski definition) is 6. The van der Waals surface area contributed by atoms with Gasteiger partial charge in [0.1, 0.15) is 24.2 Å². The summed E-state index contributed by atoms with van der Waals surface area (Å²) in [5, 5.41) is 23.4. The molecule has 1 aliphatic rings. The summed E-state index contributed by atoms with van der Waals surface area (Å²) in [5.41, 5.74) is 5.48. The van der Waals surface area contributed by atoms with Gasteiger partial charge in [-0.25, -0.2) is 4.79 Å². The SMILES string of the molecule is CC(C)C(NC(=O)C(N)CO)C(=O)NC(C(=O)N1CCCC1C(=O)O)C(C)C. The number of carboxylic acid groups (broad SMARTS) is 1. The highest BCUT2D eigenvalue weighted by atomic mass is 16.4. The fourth-order valence-electron chi connectivity index (χ4n) is 3.10. The second-order valence-corrected chi connectivity index (χ2v) is 7.78. The number of nitrogens with one attached hydrogen (secondary N) is 2. The van der Waals surface area contributed by atoms with E-state index < -0.39 is 54.5 Å². The van der Waals surface area contributed by atoms with Crippen LogP contribution in [-0.4, -0.2) is 76.1 Å². The number of carbonyl (C=O) groups is 4. The molecule has 0 aromatic heterocycles. The molecule has 1 heterocycles. The Hall–Kier alpha value is -2.20. The molecule has 0 spiro atoms. The van der Waals surface area contributed by atoms with Crippen LogP contribution in [-0.2, 0) is 19.2 Å². The van der Waals surface area contributed by atoms with Gasteiger partial charge in [0.05, 0.1) is 6.61 Å². The number of aliphatic hydroxyl groups is 1. The molecule has 1 fully saturated rings. The van der Waals surface area contributed by atoms with E-state index in [1.54, 1.807) is 27.7 Å². The Morgan fingerprint density at radius 2 is 1.57 bits per heavy atom. The highest BCUT2D eigenvalue weighted by Crippen LogP contribution is 2.20. The van der Waals surface area contributed by atoms with Crippen LogP contribution in [0, 0.1) is 11.8 Å². The third kappa shape index (κ3) is 5.90. The second kappa shape index (κ2) is 10.4. The molecule has 0 aliphatic carbocycles. The fourth-order valence-corrected chi connectivity index (χ4v) is 3.10. The molecule has 1 saturated heterocycles. The van der Waals surface area contributed by atoms with Crippen molar-refractivity contribution < 1.29 is 29.4 Å². The zero-order valence-corrected chi connectivity index (χ0v) is 16.8. The highest BCUT2D eigenvalue weighted by Gasteiger charge is 2.39. The van der Waals surface area contributed by atoms with Gasteiger partial charge in [0, 0.05) is 6.54 Å². The molecule has 0 radical (unpaired) electrons. The number of rotatable bonds is 9. The van der Waals surface area contributed by atoms with Crippen molar-refractivity contribution in [3.8, 4) is 0 Å². The van der Waals surface area contributed by atoms with Crippen LogP contribution in [0.25, 0.3) is 0 Å². The first-order valence-corrected chi connectivity index (χ1v) is 9.51. The van der Waals surface area contributed by atoms with E-state index >= 15 is 0 Å². The minimum Gasteiger partial charge on any atom is -0.480 e. The van der Waals surface area contributed by atoms with E-state index in [0.717, 1.165) is 0 Å². The van der Waals surface area contributed by atoms with Crippen molar-refractivity contribution in [3.63, 3.8) is 0 Å². The van der Waals surface area contributed by atoms with Gasteiger partial charge in [-0.2, -0.15) is 0 Å². The first-order valence-electron chi connectivity index (χ1n) is 9.51. The summed E-state index contributed by atoms with van der Waals surface area (Å²) in [5.74, 6) is -3.33. The number of amides is 3. The third-order valence-electron chi connectivity index (χ3n) is 4.83. The van der Waals surface area contributed by atoms with Crippen LogP contribution < -0.4 is 16.4 Å². The van der Waals surface area contributed by atoms with E-state index in [1.165, 1.54) is 4.90 Å².